The molecule has 5 nitrogen and oxygen atoms in total. The highest BCUT2D eigenvalue weighted by atomic mass is 19.1. The van der Waals surface area contributed by atoms with Crippen LogP contribution in [0.3, 0.4) is 0 Å². The van der Waals surface area contributed by atoms with Crippen molar-refractivity contribution in [1.82, 2.24) is 10.6 Å². The highest BCUT2D eigenvalue weighted by molar-refractivity contribution is 6.00. The molecule has 6 heteroatoms. The van der Waals surface area contributed by atoms with E-state index in [4.69, 9.17) is 5.73 Å². The normalized spacial score (nSPS) is 9.89. The molecule has 1 aromatic rings. The number of benzene rings is 1. The van der Waals surface area contributed by atoms with Gasteiger partial charge in [0, 0.05) is 12.2 Å². The SMILES string of the molecule is CCCNC(=O)CNC(=O)c1ccc(F)cc1N. The number of amides is 2. The molecule has 1 aromatic carbocycles. The fraction of sp³-hybridized carbons (Fsp3) is 0.333. The van der Waals surface area contributed by atoms with Gasteiger partial charge in [0.1, 0.15) is 5.82 Å². The smallest absolute Gasteiger partial charge is 0.253 e. The van der Waals surface area contributed by atoms with E-state index in [1.54, 1.807) is 0 Å². The standard InChI is InChI=1S/C12H16FN3O2/c1-2-5-15-11(17)7-16-12(18)9-4-3-8(13)6-10(9)14/h3-4,6H,2,5,7,14H2,1H3,(H,15,17)(H,16,18). The van der Waals surface area contributed by atoms with Gasteiger partial charge in [-0.15, -0.1) is 0 Å². The first-order valence-electron chi connectivity index (χ1n) is 5.64. The lowest BCUT2D eigenvalue weighted by Gasteiger charge is -2.07. The van der Waals surface area contributed by atoms with Crippen LogP contribution in [0.2, 0.25) is 0 Å². The number of carbonyl (C=O) groups is 2. The minimum Gasteiger partial charge on any atom is -0.398 e. The van der Waals surface area contributed by atoms with Crippen LogP contribution in [0.4, 0.5) is 10.1 Å². The second-order valence-electron chi connectivity index (χ2n) is 3.76. The zero-order valence-corrected chi connectivity index (χ0v) is 10.1. The van der Waals surface area contributed by atoms with E-state index >= 15 is 0 Å². The van der Waals surface area contributed by atoms with Crippen molar-refractivity contribution in [2.45, 2.75) is 13.3 Å². The highest BCUT2D eigenvalue weighted by Crippen LogP contribution is 2.12. The van der Waals surface area contributed by atoms with Gasteiger partial charge >= 0.3 is 0 Å². The second kappa shape index (κ2) is 6.58. The molecule has 0 aliphatic rings. The number of hydrogen-bond donors (Lipinski definition) is 3. The van der Waals surface area contributed by atoms with Crippen LogP contribution in [-0.2, 0) is 4.79 Å². The summed E-state index contributed by atoms with van der Waals surface area (Å²) in [6.45, 7) is 2.36. The van der Waals surface area contributed by atoms with E-state index in [1.807, 2.05) is 6.92 Å². The van der Waals surface area contributed by atoms with Crippen molar-refractivity contribution in [1.29, 1.82) is 0 Å². The lowest BCUT2D eigenvalue weighted by Crippen LogP contribution is -2.37. The van der Waals surface area contributed by atoms with Gasteiger partial charge in [0.2, 0.25) is 5.91 Å². The quantitative estimate of drug-likeness (QED) is 0.674. The van der Waals surface area contributed by atoms with Crippen LogP contribution in [0.25, 0.3) is 0 Å². The average Bonchev–Trinajstić information content (AvgIpc) is 2.33. The molecule has 0 aliphatic heterocycles. The van der Waals surface area contributed by atoms with Gasteiger partial charge in [0.05, 0.1) is 12.1 Å². The molecule has 0 aromatic heterocycles. The number of carbonyl (C=O) groups excluding carboxylic acids is 2. The summed E-state index contributed by atoms with van der Waals surface area (Å²) in [5.74, 6) is -1.28. The Morgan fingerprint density at radius 3 is 2.67 bits per heavy atom. The molecule has 0 aliphatic carbocycles. The molecule has 0 unspecified atom stereocenters. The summed E-state index contributed by atoms with van der Waals surface area (Å²) in [6, 6.07) is 3.48. The zero-order chi connectivity index (χ0) is 13.5. The van der Waals surface area contributed by atoms with Crippen LogP contribution in [0, 0.1) is 5.82 Å². The molecular formula is C12H16FN3O2. The molecule has 1 rings (SSSR count). The molecule has 0 saturated heterocycles. The maximum atomic E-state index is 12.8. The molecule has 18 heavy (non-hydrogen) atoms. The fourth-order valence-electron chi connectivity index (χ4n) is 1.32. The third-order valence-corrected chi connectivity index (χ3v) is 2.24. The Kier molecular flexibility index (Phi) is 5.10. The molecule has 98 valence electrons. The monoisotopic (exact) mass is 253 g/mol. The van der Waals surface area contributed by atoms with Gasteiger partial charge in [-0.1, -0.05) is 6.92 Å². The van der Waals surface area contributed by atoms with E-state index in [1.165, 1.54) is 6.07 Å². The van der Waals surface area contributed by atoms with E-state index in [-0.39, 0.29) is 23.7 Å². The first-order valence-corrected chi connectivity index (χ1v) is 5.64. The van der Waals surface area contributed by atoms with Crippen LogP contribution in [0.1, 0.15) is 23.7 Å². The van der Waals surface area contributed by atoms with E-state index in [0.29, 0.717) is 6.54 Å². The number of rotatable bonds is 5. The van der Waals surface area contributed by atoms with Gasteiger partial charge < -0.3 is 16.4 Å². The van der Waals surface area contributed by atoms with Crippen LogP contribution in [0.5, 0.6) is 0 Å². The summed E-state index contributed by atoms with van der Waals surface area (Å²) < 4.78 is 12.8. The van der Waals surface area contributed by atoms with Crippen molar-refractivity contribution < 1.29 is 14.0 Å². The molecule has 2 amide bonds. The fourth-order valence-corrected chi connectivity index (χ4v) is 1.32. The molecule has 0 saturated carbocycles. The van der Waals surface area contributed by atoms with Crippen LogP contribution >= 0.6 is 0 Å². The van der Waals surface area contributed by atoms with Crippen molar-refractivity contribution in [3.63, 3.8) is 0 Å². The van der Waals surface area contributed by atoms with Gasteiger partial charge in [-0.25, -0.2) is 4.39 Å². The Labute approximate surface area is 105 Å². The molecule has 0 fully saturated rings. The molecule has 0 radical (unpaired) electrons. The molecule has 0 atom stereocenters. The minimum absolute atomic E-state index is 0.0430. The van der Waals surface area contributed by atoms with Gasteiger partial charge in [-0.3, -0.25) is 9.59 Å². The molecule has 4 N–H and O–H groups in total. The van der Waals surface area contributed by atoms with Crippen LogP contribution in [0.15, 0.2) is 18.2 Å². The predicted octanol–water partition coefficient (Wildman–Crippen LogP) is 0.664. The van der Waals surface area contributed by atoms with Crippen molar-refractivity contribution in [3.05, 3.63) is 29.6 Å². The Bertz CT molecular complexity index is 449. The molecule has 0 heterocycles. The summed E-state index contributed by atoms with van der Waals surface area (Å²) in [5.41, 5.74) is 5.70. The summed E-state index contributed by atoms with van der Waals surface area (Å²) >= 11 is 0. The number of anilines is 1. The minimum atomic E-state index is -0.510. The first-order chi connectivity index (χ1) is 8.54. The summed E-state index contributed by atoms with van der Waals surface area (Å²) in [7, 11) is 0. The number of nitrogens with one attached hydrogen (secondary N) is 2. The van der Waals surface area contributed by atoms with Crippen molar-refractivity contribution in [2.24, 2.45) is 0 Å². The number of hydrogen-bond acceptors (Lipinski definition) is 3. The third kappa shape index (κ3) is 4.04. The number of nitrogen functional groups attached to an aromatic ring is 1. The Hall–Kier alpha value is -2.11. The Morgan fingerprint density at radius 2 is 2.06 bits per heavy atom. The van der Waals surface area contributed by atoms with Gasteiger partial charge in [0.15, 0.2) is 0 Å². The number of nitrogens with two attached hydrogens (primary N) is 1. The third-order valence-electron chi connectivity index (χ3n) is 2.24. The van der Waals surface area contributed by atoms with Crippen molar-refractivity contribution in [3.8, 4) is 0 Å². The maximum Gasteiger partial charge on any atom is 0.253 e. The molecule has 0 spiro atoms. The van der Waals surface area contributed by atoms with Crippen LogP contribution in [-0.4, -0.2) is 24.9 Å². The average molecular weight is 253 g/mol. The van der Waals surface area contributed by atoms with E-state index in [9.17, 15) is 14.0 Å². The zero-order valence-electron chi connectivity index (χ0n) is 10.1. The van der Waals surface area contributed by atoms with Gasteiger partial charge in [-0.05, 0) is 24.6 Å². The van der Waals surface area contributed by atoms with Gasteiger partial charge in [-0.2, -0.15) is 0 Å². The summed E-state index contributed by atoms with van der Waals surface area (Å²) in [6.07, 6.45) is 0.824. The Balaban J connectivity index is 2.53. The van der Waals surface area contributed by atoms with Crippen LogP contribution < -0.4 is 16.4 Å². The maximum absolute atomic E-state index is 12.8. The largest absolute Gasteiger partial charge is 0.398 e. The summed E-state index contributed by atoms with van der Waals surface area (Å²) in [5, 5.41) is 5.03. The van der Waals surface area contributed by atoms with Gasteiger partial charge in [0.25, 0.3) is 5.91 Å². The highest BCUT2D eigenvalue weighted by Gasteiger charge is 2.11. The second-order valence-corrected chi connectivity index (χ2v) is 3.76. The van der Waals surface area contributed by atoms with E-state index < -0.39 is 11.7 Å². The van der Waals surface area contributed by atoms with E-state index in [2.05, 4.69) is 10.6 Å². The Morgan fingerprint density at radius 1 is 1.33 bits per heavy atom. The number of halogens is 1. The van der Waals surface area contributed by atoms with Crippen molar-refractivity contribution in [2.75, 3.05) is 18.8 Å². The van der Waals surface area contributed by atoms with Crippen molar-refractivity contribution >= 4 is 17.5 Å². The summed E-state index contributed by atoms with van der Waals surface area (Å²) in [4.78, 5) is 22.9. The topological polar surface area (TPSA) is 84.2 Å². The lowest BCUT2D eigenvalue weighted by molar-refractivity contribution is -0.120. The van der Waals surface area contributed by atoms with E-state index in [0.717, 1.165) is 18.6 Å². The lowest BCUT2D eigenvalue weighted by atomic mass is 10.1. The molecule has 0 bridgehead atoms. The first kappa shape index (κ1) is 14.0. The molecular weight excluding hydrogens is 237 g/mol. The predicted molar refractivity (Wildman–Crippen MR) is 66.4 cm³/mol.